The molecule has 1 unspecified atom stereocenters. The highest BCUT2D eigenvalue weighted by atomic mass is 16.3. The molecule has 0 spiro atoms. The van der Waals surface area contributed by atoms with Crippen LogP contribution in [0.3, 0.4) is 0 Å². The first-order chi connectivity index (χ1) is 14.7. The third kappa shape index (κ3) is 3.44. The van der Waals surface area contributed by atoms with E-state index in [0.717, 1.165) is 43.4 Å². The van der Waals surface area contributed by atoms with Gasteiger partial charge >= 0.3 is 0 Å². The van der Waals surface area contributed by atoms with E-state index in [1.54, 1.807) is 24.5 Å². The van der Waals surface area contributed by atoms with Crippen LogP contribution in [0.15, 0.2) is 60.9 Å². The van der Waals surface area contributed by atoms with E-state index in [2.05, 4.69) is 20.2 Å². The quantitative estimate of drug-likeness (QED) is 0.488. The molecule has 0 amide bonds. The molecule has 4 aromatic rings. The molecule has 2 aromatic carbocycles. The summed E-state index contributed by atoms with van der Waals surface area (Å²) in [6.45, 7) is 3.59. The highest BCUT2D eigenvalue weighted by Gasteiger charge is 2.24. The fourth-order valence-corrected chi connectivity index (χ4v) is 4.43. The van der Waals surface area contributed by atoms with Crippen LogP contribution in [0.4, 0.5) is 0 Å². The lowest BCUT2D eigenvalue weighted by Crippen LogP contribution is -2.51. The summed E-state index contributed by atoms with van der Waals surface area (Å²) in [7, 11) is 0. The maximum Gasteiger partial charge on any atom is 0.141 e. The van der Waals surface area contributed by atoms with Crippen molar-refractivity contribution < 1.29 is 10.2 Å². The minimum Gasteiger partial charge on any atom is -0.506 e. The summed E-state index contributed by atoms with van der Waals surface area (Å²) in [5, 5.41) is 25.8. The number of piperazine rings is 1. The number of pyridine rings is 2. The Labute approximate surface area is 174 Å². The van der Waals surface area contributed by atoms with E-state index in [4.69, 9.17) is 0 Å². The fraction of sp³-hybridized carbons (Fsp3) is 0.250. The second-order valence-electron chi connectivity index (χ2n) is 7.82. The fourth-order valence-electron chi connectivity index (χ4n) is 4.43. The van der Waals surface area contributed by atoms with Crippen molar-refractivity contribution in [2.24, 2.45) is 0 Å². The van der Waals surface area contributed by atoms with E-state index in [1.165, 1.54) is 11.1 Å². The zero-order chi connectivity index (χ0) is 20.5. The Kier molecular flexibility index (Phi) is 4.94. The summed E-state index contributed by atoms with van der Waals surface area (Å²) in [6, 6.07) is 15.7. The predicted octanol–water partition coefficient (Wildman–Crippen LogP) is 3.21. The largest absolute Gasteiger partial charge is 0.506 e. The van der Waals surface area contributed by atoms with Crippen LogP contribution in [0.5, 0.6) is 11.5 Å². The first-order valence-corrected chi connectivity index (χ1v) is 10.3. The highest BCUT2D eigenvalue weighted by molar-refractivity contribution is 5.88. The third-order valence-electron chi connectivity index (χ3n) is 5.98. The molecular formula is C24H24N4O2. The summed E-state index contributed by atoms with van der Waals surface area (Å²) < 4.78 is 0. The Morgan fingerprint density at radius 2 is 1.50 bits per heavy atom. The zero-order valence-corrected chi connectivity index (χ0v) is 16.6. The van der Waals surface area contributed by atoms with Gasteiger partial charge in [0.15, 0.2) is 0 Å². The van der Waals surface area contributed by atoms with Crippen molar-refractivity contribution in [1.29, 1.82) is 0 Å². The van der Waals surface area contributed by atoms with E-state index in [9.17, 15) is 10.2 Å². The molecule has 1 aliphatic rings. The second kappa shape index (κ2) is 7.89. The van der Waals surface area contributed by atoms with Gasteiger partial charge in [-0.15, -0.1) is 0 Å². The van der Waals surface area contributed by atoms with Gasteiger partial charge in [0.1, 0.15) is 22.5 Å². The predicted molar refractivity (Wildman–Crippen MR) is 118 cm³/mol. The number of benzene rings is 2. The van der Waals surface area contributed by atoms with Gasteiger partial charge in [-0.05, 0) is 41.8 Å². The SMILES string of the molecule is Oc1ccc(CC2CNCCN2Cc2ccc(O)c3ncccc23)c2cccnc12. The Morgan fingerprint density at radius 1 is 0.867 bits per heavy atom. The number of nitrogens with one attached hydrogen (secondary N) is 1. The average Bonchev–Trinajstić information content (AvgIpc) is 2.79. The molecule has 1 saturated heterocycles. The molecule has 1 fully saturated rings. The van der Waals surface area contributed by atoms with Crippen molar-refractivity contribution in [3.05, 3.63) is 72.1 Å². The van der Waals surface area contributed by atoms with E-state index < -0.39 is 0 Å². The van der Waals surface area contributed by atoms with Crippen LogP contribution in [0.2, 0.25) is 0 Å². The minimum atomic E-state index is 0.217. The summed E-state index contributed by atoms with van der Waals surface area (Å²) in [5.41, 5.74) is 3.66. The van der Waals surface area contributed by atoms with E-state index >= 15 is 0 Å². The molecule has 0 saturated carbocycles. The number of phenolic OH excluding ortho intramolecular Hbond substituents is 2. The normalized spacial score (nSPS) is 17.5. The van der Waals surface area contributed by atoms with E-state index in [0.29, 0.717) is 17.1 Å². The summed E-state index contributed by atoms with van der Waals surface area (Å²) in [4.78, 5) is 11.2. The first-order valence-electron chi connectivity index (χ1n) is 10.3. The number of hydrogen-bond donors (Lipinski definition) is 3. The molecular weight excluding hydrogens is 376 g/mol. The Balaban J connectivity index is 1.45. The van der Waals surface area contributed by atoms with E-state index in [-0.39, 0.29) is 11.5 Å². The second-order valence-corrected chi connectivity index (χ2v) is 7.82. The molecule has 1 atom stereocenters. The molecule has 30 heavy (non-hydrogen) atoms. The number of rotatable bonds is 4. The van der Waals surface area contributed by atoms with Gasteiger partial charge in [-0.3, -0.25) is 14.9 Å². The van der Waals surface area contributed by atoms with Crippen LogP contribution in [-0.2, 0) is 13.0 Å². The molecule has 6 nitrogen and oxygen atoms in total. The maximum atomic E-state index is 10.2. The van der Waals surface area contributed by atoms with Crippen molar-refractivity contribution in [2.45, 2.75) is 19.0 Å². The van der Waals surface area contributed by atoms with Gasteiger partial charge in [-0.2, -0.15) is 0 Å². The first kappa shape index (κ1) is 18.8. The van der Waals surface area contributed by atoms with Gasteiger partial charge in [0.25, 0.3) is 0 Å². The topological polar surface area (TPSA) is 81.5 Å². The summed E-state index contributed by atoms with van der Waals surface area (Å²) >= 11 is 0. The van der Waals surface area contributed by atoms with Crippen molar-refractivity contribution >= 4 is 21.8 Å². The van der Waals surface area contributed by atoms with Crippen LogP contribution in [-0.4, -0.2) is 50.8 Å². The van der Waals surface area contributed by atoms with Gasteiger partial charge < -0.3 is 15.5 Å². The Hall–Kier alpha value is -3.22. The van der Waals surface area contributed by atoms with Gasteiger partial charge in [0.05, 0.1) is 0 Å². The smallest absolute Gasteiger partial charge is 0.141 e. The number of phenols is 2. The lowest BCUT2D eigenvalue weighted by atomic mass is 9.97. The molecule has 5 rings (SSSR count). The number of hydrogen-bond acceptors (Lipinski definition) is 6. The number of aromatic hydroxyl groups is 2. The number of aromatic nitrogens is 2. The maximum absolute atomic E-state index is 10.2. The Morgan fingerprint density at radius 3 is 2.20 bits per heavy atom. The Bertz CT molecular complexity index is 1120. The molecule has 0 bridgehead atoms. The molecule has 3 N–H and O–H groups in total. The lowest BCUT2D eigenvalue weighted by molar-refractivity contribution is 0.153. The number of fused-ring (bicyclic) bond motifs is 2. The van der Waals surface area contributed by atoms with Gasteiger partial charge in [-0.1, -0.05) is 24.3 Å². The number of nitrogens with zero attached hydrogens (tertiary/aromatic N) is 3. The van der Waals surface area contributed by atoms with Crippen LogP contribution in [0, 0.1) is 0 Å². The van der Waals surface area contributed by atoms with Gasteiger partial charge in [0, 0.05) is 55.4 Å². The third-order valence-corrected chi connectivity index (χ3v) is 5.98. The van der Waals surface area contributed by atoms with Crippen LogP contribution < -0.4 is 5.32 Å². The zero-order valence-electron chi connectivity index (χ0n) is 16.6. The summed E-state index contributed by atoms with van der Waals surface area (Å²) in [5.74, 6) is 0.435. The van der Waals surface area contributed by atoms with Crippen LogP contribution in [0.25, 0.3) is 21.8 Å². The highest BCUT2D eigenvalue weighted by Crippen LogP contribution is 2.29. The van der Waals surface area contributed by atoms with Gasteiger partial charge in [0.2, 0.25) is 0 Å². The summed E-state index contributed by atoms with van der Waals surface area (Å²) in [6.07, 6.45) is 4.29. The average molecular weight is 400 g/mol. The molecule has 152 valence electrons. The molecule has 6 heteroatoms. The van der Waals surface area contributed by atoms with Gasteiger partial charge in [-0.25, -0.2) is 0 Å². The van der Waals surface area contributed by atoms with Crippen molar-refractivity contribution in [1.82, 2.24) is 20.2 Å². The van der Waals surface area contributed by atoms with Crippen molar-refractivity contribution in [3.63, 3.8) is 0 Å². The molecule has 3 heterocycles. The van der Waals surface area contributed by atoms with Crippen molar-refractivity contribution in [2.75, 3.05) is 19.6 Å². The van der Waals surface area contributed by atoms with Crippen molar-refractivity contribution in [3.8, 4) is 11.5 Å². The molecule has 0 aliphatic carbocycles. The van der Waals surface area contributed by atoms with E-state index in [1.807, 2.05) is 36.4 Å². The van der Waals surface area contributed by atoms with Crippen LogP contribution in [0.1, 0.15) is 11.1 Å². The minimum absolute atomic E-state index is 0.217. The monoisotopic (exact) mass is 400 g/mol. The standard InChI is InChI=1S/C24H24N4O2/c29-21-7-5-16(19-3-1-9-26-23(19)21)13-18-14-25-11-12-28(18)15-17-6-8-22(30)24-20(17)4-2-10-27-24/h1-10,18,25,29-30H,11-15H2. The lowest BCUT2D eigenvalue weighted by Gasteiger charge is -2.36. The van der Waals surface area contributed by atoms with Crippen LogP contribution >= 0.6 is 0 Å². The molecule has 1 aliphatic heterocycles. The molecule has 0 radical (unpaired) electrons. The molecule has 2 aromatic heterocycles.